The fourth-order valence-electron chi connectivity index (χ4n) is 2.55. The van der Waals surface area contributed by atoms with Gasteiger partial charge in [-0.15, -0.1) is 11.3 Å². The average molecular weight is 330 g/mol. The molecule has 0 aliphatic rings. The minimum atomic E-state index is -0.950. The number of carbonyl (C=O) groups is 1. The summed E-state index contributed by atoms with van der Waals surface area (Å²) in [5.41, 5.74) is 2.65. The van der Waals surface area contributed by atoms with E-state index in [0.717, 1.165) is 17.0 Å². The monoisotopic (exact) mass is 330 g/mol. The Morgan fingerprint density at radius 2 is 2.04 bits per heavy atom. The largest absolute Gasteiger partial charge is 0.491 e. The minimum Gasteiger partial charge on any atom is -0.491 e. The van der Waals surface area contributed by atoms with Crippen LogP contribution < -0.4 is 4.74 Å². The second kappa shape index (κ2) is 6.04. The highest BCUT2D eigenvalue weighted by atomic mass is 32.1. The molecule has 2 heterocycles. The van der Waals surface area contributed by atoms with Crippen LogP contribution in [0.5, 0.6) is 5.75 Å². The Labute approximate surface area is 138 Å². The zero-order chi connectivity index (χ0) is 16.6. The van der Waals surface area contributed by atoms with E-state index >= 15 is 0 Å². The third kappa shape index (κ3) is 2.82. The summed E-state index contributed by atoms with van der Waals surface area (Å²) in [5.74, 6) is -0.151. The Morgan fingerprint density at radius 1 is 1.35 bits per heavy atom. The van der Waals surface area contributed by atoms with Crippen molar-refractivity contribution >= 4 is 22.3 Å². The van der Waals surface area contributed by atoms with Gasteiger partial charge in [-0.3, -0.25) is 4.40 Å². The topological polar surface area (TPSA) is 63.8 Å². The van der Waals surface area contributed by atoms with Gasteiger partial charge in [-0.05, 0) is 50.1 Å². The molecule has 0 bridgehead atoms. The highest BCUT2D eigenvalue weighted by Crippen LogP contribution is 2.30. The lowest BCUT2D eigenvalue weighted by molar-refractivity contribution is 0.0688. The molecule has 3 rings (SSSR count). The van der Waals surface area contributed by atoms with Crippen LogP contribution in [-0.4, -0.2) is 26.6 Å². The number of imidazole rings is 1. The van der Waals surface area contributed by atoms with E-state index in [0.29, 0.717) is 17.1 Å². The molecule has 1 aromatic carbocycles. The van der Waals surface area contributed by atoms with Crippen LogP contribution in [0.3, 0.4) is 0 Å². The second-order valence-corrected chi connectivity index (χ2v) is 6.33. The van der Waals surface area contributed by atoms with E-state index in [1.54, 1.807) is 4.40 Å². The summed E-state index contributed by atoms with van der Waals surface area (Å²) in [6.45, 7) is 5.87. The van der Waals surface area contributed by atoms with Gasteiger partial charge in [-0.2, -0.15) is 0 Å². The standard InChI is InChI=1S/C17H18N2O3S/c1-4-13-15(16(20)21)19-14(9-23-17(19)18-13)11-5-7-12(8-6-11)22-10(2)3/h5-10H,4H2,1-3H3,(H,20,21). The number of carboxylic acid groups (broad SMARTS) is 1. The van der Waals surface area contributed by atoms with Crippen LogP contribution in [-0.2, 0) is 6.42 Å². The average Bonchev–Trinajstić information content (AvgIpc) is 3.05. The number of aromatic nitrogens is 2. The lowest BCUT2D eigenvalue weighted by Gasteiger charge is -2.10. The van der Waals surface area contributed by atoms with Crippen molar-refractivity contribution in [3.63, 3.8) is 0 Å². The summed E-state index contributed by atoms with van der Waals surface area (Å²) in [6.07, 6.45) is 0.712. The predicted molar refractivity (Wildman–Crippen MR) is 90.6 cm³/mol. The first-order chi connectivity index (χ1) is 11.0. The van der Waals surface area contributed by atoms with Crippen LogP contribution in [0.4, 0.5) is 0 Å². The number of ether oxygens (including phenoxy) is 1. The van der Waals surface area contributed by atoms with Crippen molar-refractivity contribution in [1.29, 1.82) is 0 Å². The van der Waals surface area contributed by atoms with Gasteiger partial charge in [0.15, 0.2) is 10.7 Å². The Bertz CT molecular complexity index is 847. The molecular formula is C17H18N2O3S. The first-order valence-electron chi connectivity index (χ1n) is 7.50. The molecule has 0 spiro atoms. The predicted octanol–water partition coefficient (Wildman–Crippen LogP) is 4.11. The van der Waals surface area contributed by atoms with E-state index in [1.165, 1.54) is 11.3 Å². The zero-order valence-corrected chi connectivity index (χ0v) is 14.1. The van der Waals surface area contributed by atoms with E-state index < -0.39 is 5.97 Å². The van der Waals surface area contributed by atoms with Gasteiger partial charge >= 0.3 is 5.97 Å². The molecule has 0 fully saturated rings. The van der Waals surface area contributed by atoms with Crippen LogP contribution in [0, 0.1) is 0 Å². The third-order valence-corrected chi connectivity index (χ3v) is 4.32. The number of carboxylic acids is 1. The van der Waals surface area contributed by atoms with E-state index in [2.05, 4.69) is 4.98 Å². The molecule has 3 aromatic rings. The van der Waals surface area contributed by atoms with Crippen molar-refractivity contribution in [2.75, 3.05) is 0 Å². The Balaban J connectivity index is 2.09. The van der Waals surface area contributed by atoms with Gasteiger partial charge in [0.25, 0.3) is 0 Å². The van der Waals surface area contributed by atoms with Gasteiger partial charge in [0.2, 0.25) is 0 Å². The number of rotatable bonds is 5. The number of hydrogen-bond donors (Lipinski definition) is 1. The van der Waals surface area contributed by atoms with Crippen LogP contribution in [0.1, 0.15) is 37.0 Å². The van der Waals surface area contributed by atoms with Gasteiger partial charge < -0.3 is 9.84 Å². The molecule has 0 aliphatic carbocycles. The summed E-state index contributed by atoms with van der Waals surface area (Å²) < 4.78 is 7.37. The molecule has 1 N–H and O–H groups in total. The Hall–Kier alpha value is -2.34. The molecule has 0 aliphatic heterocycles. The lowest BCUT2D eigenvalue weighted by atomic mass is 10.1. The van der Waals surface area contributed by atoms with Crippen LogP contribution in [0.15, 0.2) is 29.6 Å². The maximum absolute atomic E-state index is 11.6. The third-order valence-electron chi connectivity index (χ3n) is 3.50. The molecule has 0 unspecified atom stereocenters. The van der Waals surface area contributed by atoms with Crippen LogP contribution in [0.25, 0.3) is 16.2 Å². The lowest BCUT2D eigenvalue weighted by Crippen LogP contribution is -2.06. The summed E-state index contributed by atoms with van der Waals surface area (Å²) in [5, 5.41) is 11.5. The fraction of sp³-hybridized carbons (Fsp3) is 0.294. The summed E-state index contributed by atoms with van der Waals surface area (Å²) in [6, 6.07) is 7.68. The molecular weight excluding hydrogens is 312 g/mol. The molecule has 0 radical (unpaired) electrons. The number of nitrogens with zero attached hydrogens (tertiary/aromatic N) is 2. The van der Waals surface area contributed by atoms with Crippen LogP contribution in [0.2, 0.25) is 0 Å². The summed E-state index contributed by atoms with van der Waals surface area (Å²) >= 11 is 1.45. The number of fused-ring (bicyclic) bond motifs is 1. The highest BCUT2D eigenvalue weighted by molar-refractivity contribution is 7.15. The smallest absolute Gasteiger partial charge is 0.354 e. The van der Waals surface area contributed by atoms with Gasteiger partial charge in [0.05, 0.1) is 17.5 Å². The number of benzene rings is 1. The molecule has 0 atom stereocenters. The molecule has 0 saturated heterocycles. The SMILES string of the molecule is CCc1nc2scc(-c3ccc(OC(C)C)cc3)n2c1C(=O)O. The minimum absolute atomic E-state index is 0.119. The quantitative estimate of drug-likeness (QED) is 0.764. The van der Waals surface area contributed by atoms with E-state index in [4.69, 9.17) is 4.74 Å². The van der Waals surface area contributed by atoms with E-state index in [-0.39, 0.29) is 11.8 Å². The van der Waals surface area contributed by atoms with Gasteiger partial charge in [-0.1, -0.05) is 6.92 Å². The van der Waals surface area contributed by atoms with Crippen molar-refractivity contribution in [1.82, 2.24) is 9.38 Å². The molecule has 0 saturated carbocycles. The molecule has 5 nitrogen and oxygen atoms in total. The van der Waals surface area contributed by atoms with Gasteiger partial charge in [0.1, 0.15) is 5.75 Å². The van der Waals surface area contributed by atoms with Gasteiger partial charge in [-0.25, -0.2) is 9.78 Å². The first kappa shape index (κ1) is 15.6. The molecule has 23 heavy (non-hydrogen) atoms. The van der Waals surface area contributed by atoms with Crippen LogP contribution >= 0.6 is 11.3 Å². The normalized spacial score (nSPS) is 11.3. The number of thiazole rings is 1. The van der Waals surface area contributed by atoms with Crippen molar-refractivity contribution in [2.45, 2.75) is 33.3 Å². The van der Waals surface area contributed by atoms with E-state index in [1.807, 2.05) is 50.4 Å². The van der Waals surface area contributed by atoms with Crippen molar-refractivity contribution < 1.29 is 14.6 Å². The number of hydrogen-bond acceptors (Lipinski definition) is 4. The number of aromatic carboxylic acids is 1. The Kier molecular flexibility index (Phi) is 4.09. The van der Waals surface area contributed by atoms with Crippen molar-refractivity contribution in [2.24, 2.45) is 0 Å². The molecule has 0 amide bonds. The molecule has 120 valence electrons. The number of aryl methyl sites for hydroxylation is 1. The zero-order valence-electron chi connectivity index (χ0n) is 13.2. The first-order valence-corrected chi connectivity index (χ1v) is 8.38. The van der Waals surface area contributed by atoms with E-state index in [9.17, 15) is 9.90 Å². The fourth-order valence-corrected chi connectivity index (χ4v) is 3.46. The van der Waals surface area contributed by atoms with Crippen molar-refractivity contribution in [3.8, 4) is 17.0 Å². The Morgan fingerprint density at radius 3 is 2.61 bits per heavy atom. The second-order valence-electron chi connectivity index (χ2n) is 5.50. The highest BCUT2D eigenvalue weighted by Gasteiger charge is 2.21. The molecule has 2 aromatic heterocycles. The summed E-state index contributed by atoms with van der Waals surface area (Å²) in [7, 11) is 0. The summed E-state index contributed by atoms with van der Waals surface area (Å²) in [4.78, 5) is 16.8. The maximum atomic E-state index is 11.6. The molecule has 6 heteroatoms. The maximum Gasteiger partial charge on any atom is 0.354 e. The van der Waals surface area contributed by atoms with Gasteiger partial charge in [0, 0.05) is 5.38 Å². The van der Waals surface area contributed by atoms with Crippen molar-refractivity contribution in [3.05, 3.63) is 41.0 Å².